The highest BCUT2D eigenvalue weighted by Crippen LogP contribution is 2.31. The highest BCUT2D eigenvalue weighted by Gasteiger charge is 2.23. The maximum atomic E-state index is 4.41. The summed E-state index contributed by atoms with van der Waals surface area (Å²) in [6.07, 6.45) is 5.31. The maximum absolute atomic E-state index is 4.41. The van der Waals surface area contributed by atoms with Crippen LogP contribution in [0.3, 0.4) is 0 Å². The molecule has 2 aliphatic rings. The molecule has 0 radical (unpaired) electrons. The summed E-state index contributed by atoms with van der Waals surface area (Å²) in [5.74, 6) is 2.26. The van der Waals surface area contributed by atoms with E-state index in [1.54, 1.807) is 0 Å². The van der Waals surface area contributed by atoms with Crippen LogP contribution in [0, 0.1) is 6.92 Å². The van der Waals surface area contributed by atoms with Gasteiger partial charge in [-0.25, -0.2) is 0 Å². The van der Waals surface area contributed by atoms with Gasteiger partial charge in [-0.1, -0.05) is 12.8 Å². The van der Waals surface area contributed by atoms with Crippen LogP contribution >= 0.6 is 0 Å². The molecule has 0 aromatic carbocycles. The van der Waals surface area contributed by atoms with Crippen LogP contribution in [0.5, 0.6) is 0 Å². The van der Waals surface area contributed by atoms with Crippen LogP contribution in [0.1, 0.15) is 43.4 Å². The maximum Gasteiger partial charge on any atom is 0.147 e. The van der Waals surface area contributed by atoms with Gasteiger partial charge in [0.1, 0.15) is 11.6 Å². The Labute approximate surface area is 109 Å². The number of nitrogens with one attached hydrogen (secondary N) is 1. The van der Waals surface area contributed by atoms with Crippen molar-refractivity contribution in [2.24, 2.45) is 0 Å². The van der Waals surface area contributed by atoms with Gasteiger partial charge in [0.25, 0.3) is 0 Å². The van der Waals surface area contributed by atoms with E-state index in [-0.39, 0.29) is 0 Å². The Bertz CT molecular complexity index is 388. The van der Waals surface area contributed by atoms with Crippen molar-refractivity contribution in [1.82, 2.24) is 25.0 Å². The van der Waals surface area contributed by atoms with E-state index in [0.717, 1.165) is 38.5 Å². The number of hydrogen-bond donors (Lipinski definition) is 1. The van der Waals surface area contributed by atoms with E-state index >= 15 is 0 Å². The van der Waals surface area contributed by atoms with Crippen LogP contribution in [0.2, 0.25) is 0 Å². The lowest BCUT2D eigenvalue weighted by atomic mass is 10.2. The van der Waals surface area contributed by atoms with Crippen molar-refractivity contribution in [3.63, 3.8) is 0 Å². The molecular formula is C13H23N5. The number of rotatable bonds is 3. The van der Waals surface area contributed by atoms with Crippen molar-refractivity contribution in [1.29, 1.82) is 0 Å². The van der Waals surface area contributed by atoms with E-state index in [9.17, 15) is 0 Å². The van der Waals surface area contributed by atoms with Crippen LogP contribution < -0.4 is 5.32 Å². The quantitative estimate of drug-likeness (QED) is 0.871. The average Bonchev–Trinajstić information content (AvgIpc) is 3.01. The van der Waals surface area contributed by atoms with Crippen LogP contribution in [0.4, 0.5) is 0 Å². The van der Waals surface area contributed by atoms with Gasteiger partial charge in [-0.2, -0.15) is 0 Å². The second kappa shape index (κ2) is 5.36. The molecule has 1 N–H and O–H groups in total. The number of aromatic nitrogens is 3. The zero-order chi connectivity index (χ0) is 12.4. The molecule has 1 aliphatic carbocycles. The minimum absolute atomic E-state index is 0.651. The Morgan fingerprint density at radius 1 is 1.17 bits per heavy atom. The summed E-state index contributed by atoms with van der Waals surface area (Å²) in [7, 11) is 0. The fraction of sp³-hybridized carbons (Fsp3) is 0.846. The van der Waals surface area contributed by atoms with Gasteiger partial charge in [0.15, 0.2) is 0 Å². The molecule has 1 saturated carbocycles. The summed E-state index contributed by atoms with van der Waals surface area (Å²) in [5.41, 5.74) is 0. The lowest BCUT2D eigenvalue weighted by Crippen LogP contribution is -2.43. The topological polar surface area (TPSA) is 46.0 Å². The number of aryl methyl sites for hydroxylation is 1. The molecule has 0 spiro atoms. The Morgan fingerprint density at radius 2 is 1.89 bits per heavy atom. The molecule has 5 heteroatoms. The molecular weight excluding hydrogens is 226 g/mol. The SMILES string of the molecule is Cc1nnc(CN2CCNCC2)n1C1CCCC1. The fourth-order valence-electron chi connectivity index (χ4n) is 3.23. The third-order valence-electron chi connectivity index (χ3n) is 4.20. The molecule has 1 aromatic rings. The second-order valence-corrected chi connectivity index (χ2v) is 5.50. The van der Waals surface area contributed by atoms with Gasteiger partial charge < -0.3 is 9.88 Å². The Kier molecular flexibility index (Phi) is 3.61. The summed E-state index contributed by atoms with van der Waals surface area (Å²) >= 11 is 0. The summed E-state index contributed by atoms with van der Waals surface area (Å²) in [5, 5.41) is 12.1. The van der Waals surface area contributed by atoms with Gasteiger partial charge in [-0.15, -0.1) is 10.2 Å². The first-order valence-electron chi connectivity index (χ1n) is 7.18. The van der Waals surface area contributed by atoms with Gasteiger partial charge in [0.05, 0.1) is 6.54 Å². The fourth-order valence-corrected chi connectivity index (χ4v) is 3.23. The molecule has 2 fully saturated rings. The minimum Gasteiger partial charge on any atom is -0.314 e. The molecule has 0 unspecified atom stereocenters. The van der Waals surface area contributed by atoms with Crippen LogP contribution in [-0.4, -0.2) is 45.8 Å². The zero-order valence-corrected chi connectivity index (χ0v) is 11.2. The largest absolute Gasteiger partial charge is 0.314 e. The first kappa shape index (κ1) is 12.1. The van der Waals surface area contributed by atoms with E-state index in [1.165, 1.54) is 31.5 Å². The van der Waals surface area contributed by atoms with Crippen molar-refractivity contribution >= 4 is 0 Å². The van der Waals surface area contributed by atoms with Crippen LogP contribution in [0.25, 0.3) is 0 Å². The van der Waals surface area contributed by atoms with Gasteiger partial charge in [0.2, 0.25) is 0 Å². The molecule has 1 aliphatic heterocycles. The molecule has 2 heterocycles. The summed E-state index contributed by atoms with van der Waals surface area (Å²) in [4.78, 5) is 2.48. The predicted octanol–water partition coefficient (Wildman–Crippen LogP) is 1.11. The van der Waals surface area contributed by atoms with Crippen molar-refractivity contribution in [3.05, 3.63) is 11.6 Å². The molecule has 1 saturated heterocycles. The number of hydrogen-bond acceptors (Lipinski definition) is 4. The normalized spacial score (nSPS) is 22.7. The Hall–Kier alpha value is -0.940. The highest BCUT2D eigenvalue weighted by molar-refractivity contribution is 4.99. The van der Waals surface area contributed by atoms with E-state index < -0.39 is 0 Å². The summed E-state index contributed by atoms with van der Waals surface area (Å²) in [6.45, 7) is 7.48. The highest BCUT2D eigenvalue weighted by atomic mass is 15.3. The van der Waals surface area contributed by atoms with Gasteiger partial charge in [0, 0.05) is 32.2 Å². The van der Waals surface area contributed by atoms with Gasteiger partial charge >= 0.3 is 0 Å². The van der Waals surface area contributed by atoms with E-state index in [2.05, 4.69) is 31.9 Å². The third kappa shape index (κ3) is 2.42. The molecule has 18 heavy (non-hydrogen) atoms. The standard InChI is InChI=1S/C13H23N5/c1-11-15-16-13(10-17-8-6-14-7-9-17)18(11)12-4-2-3-5-12/h12,14H,2-10H2,1H3. The van der Waals surface area contributed by atoms with Crippen molar-refractivity contribution in [2.75, 3.05) is 26.2 Å². The third-order valence-corrected chi connectivity index (χ3v) is 4.20. The monoisotopic (exact) mass is 249 g/mol. The van der Waals surface area contributed by atoms with E-state index in [1.807, 2.05) is 0 Å². The Balaban J connectivity index is 1.74. The number of nitrogens with zero attached hydrogens (tertiary/aromatic N) is 4. The lowest BCUT2D eigenvalue weighted by molar-refractivity contribution is 0.222. The Morgan fingerprint density at radius 3 is 2.61 bits per heavy atom. The smallest absolute Gasteiger partial charge is 0.147 e. The van der Waals surface area contributed by atoms with E-state index in [0.29, 0.717) is 6.04 Å². The molecule has 5 nitrogen and oxygen atoms in total. The van der Waals surface area contributed by atoms with Crippen LogP contribution in [0.15, 0.2) is 0 Å². The predicted molar refractivity (Wildman–Crippen MR) is 70.4 cm³/mol. The lowest BCUT2D eigenvalue weighted by Gasteiger charge is -2.27. The molecule has 1 aromatic heterocycles. The van der Waals surface area contributed by atoms with Crippen molar-refractivity contribution < 1.29 is 0 Å². The van der Waals surface area contributed by atoms with Crippen molar-refractivity contribution in [2.45, 2.75) is 45.2 Å². The number of piperazine rings is 1. The first-order chi connectivity index (χ1) is 8.84. The first-order valence-corrected chi connectivity index (χ1v) is 7.18. The van der Waals surface area contributed by atoms with Gasteiger partial charge in [-0.3, -0.25) is 4.90 Å². The summed E-state index contributed by atoms with van der Waals surface area (Å²) < 4.78 is 2.40. The van der Waals surface area contributed by atoms with E-state index in [4.69, 9.17) is 0 Å². The summed E-state index contributed by atoms with van der Waals surface area (Å²) in [6, 6.07) is 0.651. The molecule has 100 valence electrons. The van der Waals surface area contributed by atoms with Crippen LogP contribution in [-0.2, 0) is 6.54 Å². The van der Waals surface area contributed by atoms with Crippen molar-refractivity contribution in [3.8, 4) is 0 Å². The zero-order valence-electron chi connectivity index (χ0n) is 11.2. The molecule has 0 atom stereocenters. The molecule has 0 amide bonds. The minimum atomic E-state index is 0.651. The molecule has 0 bridgehead atoms. The molecule has 3 rings (SSSR count). The average molecular weight is 249 g/mol. The second-order valence-electron chi connectivity index (χ2n) is 5.50. The van der Waals surface area contributed by atoms with Gasteiger partial charge in [-0.05, 0) is 19.8 Å².